The molecule has 0 fully saturated rings. The van der Waals surface area contributed by atoms with Crippen molar-refractivity contribution < 1.29 is 18.7 Å². The van der Waals surface area contributed by atoms with E-state index in [2.05, 4.69) is 10.4 Å². The molecule has 166 valence electrons. The monoisotopic (exact) mass is 439 g/mol. The molecule has 0 saturated carbocycles. The first-order valence-electron chi connectivity index (χ1n) is 10.1. The summed E-state index contributed by atoms with van der Waals surface area (Å²) in [5.74, 6) is -0.680. The molecule has 0 bridgehead atoms. The Morgan fingerprint density at radius 3 is 2.75 bits per heavy atom. The summed E-state index contributed by atoms with van der Waals surface area (Å²) in [7, 11) is 1.56. The molecule has 2 heterocycles. The molecule has 1 N–H and O–H groups in total. The van der Waals surface area contributed by atoms with E-state index in [9.17, 15) is 18.8 Å². The number of carbonyl (C=O) groups is 2. The van der Waals surface area contributed by atoms with Crippen molar-refractivity contribution in [2.75, 3.05) is 13.7 Å². The van der Waals surface area contributed by atoms with Crippen molar-refractivity contribution in [3.8, 4) is 5.75 Å². The fourth-order valence-electron chi connectivity index (χ4n) is 3.53. The van der Waals surface area contributed by atoms with Gasteiger partial charge in [0.25, 0.3) is 5.91 Å². The molecular weight excluding hydrogens is 417 g/mol. The van der Waals surface area contributed by atoms with Crippen LogP contribution in [0.3, 0.4) is 0 Å². The van der Waals surface area contributed by atoms with E-state index in [1.807, 2.05) is 12.1 Å². The first-order chi connectivity index (χ1) is 15.5. The highest BCUT2D eigenvalue weighted by molar-refractivity contribution is 5.91. The van der Waals surface area contributed by atoms with E-state index >= 15 is 0 Å². The van der Waals surface area contributed by atoms with Gasteiger partial charge in [0.1, 0.15) is 18.1 Å². The number of ether oxygens (including phenoxy) is 1. The molecule has 1 aliphatic rings. The van der Waals surface area contributed by atoms with Gasteiger partial charge in [-0.1, -0.05) is 30.3 Å². The highest BCUT2D eigenvalue weighted by Crippen LogP contribution is 2.15. The number of hydrogen-bond acceptors (Lipinski definition) is 5. The summed E-state index contributed by atoms with van der Waals surface area (Å²) < 4.78 is 21.3. The number of aromatic nitrogens is 3. The lowest BCUT2D eigenvalue weighted by Gasteiger charge is -2.26. The highest BCUT2D eigenvalue weighted by Gasteiger charge is 2.30. The van der Waals surface area contributed by atoms with Gasteiger partial charge in [0.15, 0.2) is 0 Å². The van der Waals surface area contributed by atoms with E-state index in [4.69, 9.17) is 4.74 Å². The molecule has 2 amide bonds. The maximum Gasteiger partial charge on any atom is 0.346 e. The Morgan fingerprint density at radius 1 is 1.16 bits per heavy atom. The summed E-state index contributed by atoms with van der Waals surface area (Å²) in [6, 6.07) is 13.5. The fraction of sp³-hybridized carbons (Fsp3) is 0.273. The summed E-state index contributed by atoms with van der Waals surface area (Å²) in [4.78, 5) is 39.2. The molecule has 0 saturated heterocycles. The molecular formula is C22H22FN5O4. The maximum absolute atomic E-state index is 14.0. The lowest BCUT2D eigenvalue weighted by molar-refractivity contribution is -0.122. The molecule has 0 atom stereocenters. The van der Waals surface area contributed by atoms with Gasteiger partial charge in [-0.05, 0) is 23.8 Å². The lowest BCUT2D eigenvalue weighted by Crippen LogP contribution is -2.42. The van der Waals surface area contributed by atoms with Gasteiger partial charge in [0.2, 0.25) is 11.7 Å². The predicted octanol–water partition coefficient (Wildman–Crippen LogP) is 1.16. The first kappa shape index (κ1) is 21.3. The van der Waals surface area contributed by atoms with Crippen molar-refractivity contribution in [2.24, 2.45) is 0 Å². The summed E-state index contributed by atoms with van der Waals surface area (Å²) in [6.07, 6.45) is 0. The fourth-order valence-corrected chi connectivity index (χ4v) is 3.53. The molecule has 32 heavy (non-hydrogen) atoms. The molecule has 1 aliphatic heterocycles. The Kier molecular flexibility index (Phi) is 6.02. The van der Waals surface area contributed by atoms with Crippen LogP contribution in [0.25, 0.3) is 0 Å². The zero-order chi connectivity index (χ0) is 22.7. The molecule has 0 aliphatic carbocycles. The van der Waals surface area contributed by atoms with Crippen LogP contribution in [-0.2, 0) is 31.0 Å². The summed E-state index contributed by atoms with van der Waals surface area (Å²) in [5, 5.41) is 6.79. The van der Waals surface area contributed by atoms with Gasteiger partial charge < -0.3 is 15.0 Å². The average molecular weight is 439 g/mol. The van der Waals surface area contributed by atoms with Crippen molar-refractivity contribution in [3.05, 3.63) is 81.8 Å². The third-order valence-electron chi connectivity index (χ3n) is 5.23. The second-order valence-electron chi connectivity index (χ2n) is 7.36. The normalized spacial score (nSPS) is 13.1. The van der Waals surface area contributed by atoms with Crippen molar-refractivity contribution >= 4 is 11.8 Å². The number of nitrogens with one attached hydrogen (secondary N) is 1. The average Bonchev–Trinajstić information content (AvgIpc) is 3.11. The van der Waals surface area contributed by atoms with E-state index in [0.29, 0.717) is 11.3 Å². The smallest absolute Gasteiger partial charge is 0.346 e. The number of fused-ring (bicyclic) bond motifs is 1. The Bertz CT molecular complexity index is 1220. The van der Waals surface area contributed by atoms with Gasteiger partial charge in [0, 0.05) is 31.7 Å². The number of methoxy groups -OCH3 is 1. The van der Waals surface area contributed by atoms with E-state index in [1.54, 1.807) is 37.4 Å². The van der Waals surface area contributed by atoms with Gasteiger partial charge in [-0.25, -0.2) is 13.9 Å². The summed E-state index contributed by atoms with van der Waals surface area (Å²) in [6.45, 7) is 0.484. The zero-order valence-corrected chi connectivity index (χ0v) is 17.5. The summed E-state index contributed by atoms with van der Waals surface area (Å²) in [5.41, 5.74) is 0.691. The van der Waals surface area contributed by atoms with E-state index in [-0.39, 0.29) is 38.5 Å². The van der Waals surface area contributed by atoms with Gasteiger partial charge in [-0.2, -0.15) is 0 Å². The van der Waals surface area contributed by atoms with Crippen molar-refractivity contribution in [3.63, 3.8) is 0 Å². The van der Waals surface area contributed by atoms with Gasteiger partial charge >= 0.3 is 5.69 Å². The minimum Gasteiger partial charge on any atom is -0.497 e. The van der Waals surface area contributed by atoms with Crippen LogP contribution in [0.2, 0.25) is 0 Å². The topological polar surface area (TPSA) is 98.5 Å². The molecule has 0 unspecified atom stereocenters. The Balaban J connectivity index is 1.43. The largest absolute Gasteiger partial charge is 0.497 e. The minimum atomic E-state index is -0.532. The lowest BCUT2D eigenvalue weighted by atomic mass is 10.2. The SMILES string of the molecule is COc1cccc(CNC(=O)Cn2nc3n(c2=O)CCN(Cc2ccccc2F)C3=O)c1. The second-order valence-corrected chi connectivity index (χ2v) is 7.36. The predicted molar refractivity (Wildman–Crippen MR) is 112 cm³/mol. The van der Waals surface area contributed by atoms with Crippen LogP contribution < -0.4 is 15.7 Å². The number of halogens is 1. The van der Waals surface area contributed by atoms with Crippen LogP contribution in [0.1, 0.15) is 21.7 Å². The molecule has 2 aromatic carbocycles. The van der Waals surface area contributed by atoms with Crippen LogP contribution in [0.15, 0.2) is 53.3 Å². The first-order valence-corrected chi connectivity index (χ1v) is 10.1. The highest BCUT2D eigenvalue weighted by atomic mass is 19.1. The molecule has 0 spiro atoms. The number of benzene rings is 2. The van der Waals surface area contributed by atoms with Crippen molar-refractivity contribution in [1.82, 2.24) is 24.6 Å². The van der Waals surface area contributed by atoms with Crippen molar-refractivity contribution in [1.29, 1.82) is 0 Å². The van der Waals surface area contributed by atoms with Crippen LogP contribution in [0.5, 0.6) is 5.75 Å². The quantitative estimate of drug-likeness (QED) is 0.596. The molecule has 10 heteroatoms. The molecule has 0 radical (unpaired) electrons. The van der Waals surface area contributed by atoms with Crippen LogP contribution in [0.4, 0.5) is 4.39 Å². The number of rotatable bonds is 7. The minimum absolute atomic E-state index is 0.0572. The van der Waals surface area contributed by atoms with E-state index < -0.39 is 23.3 Å². The molecule has 3 aromatic rings. The van der Waals surface area contributed by atoms with Crippen LogP contribution >= 0.6 is 0 Å². The van der Waals surface area contributed by atoms with E-state index in [0.717, 1.165) is 10.2 Å². The van der Waals surface area contributed by atoms with Crippen molar-refractivity contribution in [2.45, 2.75) is 26.2 Å². The third-order valence-corrected chi connectivity index (χ3v) is 5.23. The third kappa shape index (κ3) is 4.39. The van der Waals surface area contributed by atoms with Gasteiger partial charge in [-0.15, -0.1) is 5.10 Å². The van der Waals surface area contributed by atoms with Gasteiger partial charge in [0.05, 0.1) is 7.11 Å². The number of carbonyl (C=O) groups excluding carboxylic acids is 2. The Morgan fingerprint density at radius 2 is 1.97 bits per heavy atom. The Labute approximate surface area is 183 Å². The van der Waals surface area contributed by atoms with Crippen LogP contribution in [-0.4, -0.2) is 44.7 Å². The maximum atomic E-state index is 14.0. The van der Waals surface area contributed by atoms with Gasteiger partial charge in [-0.3, -0.25) is 14.2 Å². The zero-order valence-electron chi connectivity index (χ0n) is 17.5. The van der Waals surface area contributed by atoms with E-state index in [1.165, 1.54) is 15.5 Å². The Hall–Kier alpha value is -3.95. The summed E-state index contributed by atoms with van der Waals surface area (Å²) >= 11 is 0. The molecule has 4 rings (SSSR count). The number of nitrogens with zero attached hydrogens (tertiary/aromatic N) is 4. The number of hydrogen-bond donors (Lipinski definition) is 1. The molecule has 1 aromatic heterocycles. The molecule has 9 nitrogen and oxygen atoms in total. The number of amides is 2. The van der Waals surface area contributed by atoms with Crippen LogP contribution in [0, 0.1) is 5.82 Å². The second kappa shape index (κ2) is 9.04. The standard InChI is InChI=1S/C22H22FN5O4/c1-32-17-7-4-5-15(11-17)12-24-19(29)14-28-22(31)27-10-9-26(21(30)20(27)25-28)13-16-6-2-3-8-18(16)23/h2-8,11H,9-10,12-14H2,1H3,(H,24,29).